The molecule has 1 heterocycles. The summed E-state index contributed by atoms with van der Waals surface area (Å²) in [7, 11) is 0. The SMILES string of the molecule is C[C@H]1CC[C@](Cc2ccccc2)(C(=O)c2ccccc2)N1. The van der Waals surface area contributed by atoms with Gasteiger partial charge in [0.25, 0.3) is 0 Å². The first-order valence-corrected chi connectivity index (χ1v) is 7.61. The molecule has 1 saturated heterocycles. The standard InChI is InChI=1S/C19H21NO/c1-15-12-13-19(20-15,14-16-8-4-2-5-9-16)18(21)17-10-6-3-7-11-17/h2-11,15,20H,12-14H2,1H3/t15-,19-/m0/s1. The van der Waals surface area contributed by atoms with E-state index in [2.05, 4.69) is 24.4 Å². The Morgan fingerprint density at radius 2 is 1.71 bits per heavy atom. The van der Waals surface area contributed by atoms with Gasteiger partial charge in [0.1, 0.15) is 0 Å². The third kappa shape index (κ3) is 2.91. The van der Waals surface area contributed by atoms with Crippen molar-refractivity contribution >= 4 is 5.78 Å². The van der Waals surface area contributed by atoms with E-state index in [1.807, 2.05) is 48.5 Å². The predicted molar refractivity (Wildman–Crippen MR) is 85.5 cm³/mol. The number of carbonyl (C=O) groups excluding carboxylic acids is 1. The minimum Gasteiger partial charge on any atom is -0.302 e. The van der Waals surface area contributed by atoms with E-state index >= 15 is 0 Å². The first kappa shape index (κ1) is 14.0. The molecule has 2 heteroatoms. The molecule has 0 bridgehead atoms. The molecule has 108 valence electrons. The Kier molecular flexibility index (Phi) is 3.89. The van der Waals surface area contributed by atoms with Crippen LogP contribution in [0.3, 0.4) is 0 Å². The molecule has 21 heavy (non-hydrogen) atoms. The van der Waals surface area contributed by atoms with Crippen molar-refractivity contribution in [3.63, 3.8) is 0 Å². The molecular formula is C19H21NO. The van der Waals surface area contributed by atoms with Gasteiger partial charge in [0.05, 0.1) is 5.54 Å². The van der Waals surface area contributed by atoms with E-state index in [1.165, 1.54) is 5.56 Å². The van der Waals surface area contributed by atoms with E-state index in [0.717, 1.165) is 24.8 Å². The minimum absolute atomic E-state index is 0.219. The van der Waals surface area contributed by atoms with Crippen molar-refractivity contribution in [2.45, 2.75) is 37.8 Å². The smallest absolute Gasteiger partial charge is 0.183 e. The maximum Gasteiger partial charge on any atom is 0.183 e. The fraction of sp³-hybridized carbons (Fsp3) is 0.316. The summed E-state index contributed by atoms with van der Waals surface area (Å²) in [6.07, 6.45) is 2.70. The molecule has 2 aromatic carbocycles. The average Bonchev–Trinajstić information content (AvgIpc) is 2.90. The summed E-state index contributed by atoms with van der Waals surface area (Å²) in [5, 5.41) is 3.56. The molecule has 0 radical (unpaired) electrons. The molecule has 0 aliphatic carbocycles. The Morgan fingerprint density at radius 3 is 2.29 bits per heavy atom. The molecule has 1 fully saturated rings. The second-order valence-corrected chi connectivity index (χ2v) is 6.02. The van der Waals surface area contributed by atoms with Gasteiger partial charge in [0.15, 0.2) is 5.78 Å². The lowest BCUT2D eigenvalue weighted by Crippen LogP contribution is -2.51. The van der Waals surface area contributed by atoms with Crippen LogP contribution in [0.1, 0.15) is 35.7 Å². The lowest BCUT2D eigenvalue weighted by molar-refractivity contribution is 0.0863. The number of rotatable bonds is 4. The van der Waals surface area contributed by atoms with Gasteiger partial charge in [-0.15, -0.1) is 0 Å². The van der Waals surface area contributed by atoms with Crippen LogP contribution in [0.5, 0.6) is 0 Å². The van der Waals surface area contributed by atoms with Gasteiger partial charge in [-0.1, -0.05) is 60.7 Å². The van der Waals surface area contributed by atoms with E-state index < -0.39 is 5.54 Å². The zero-order valence-electron chi connectivity index (χ0n) is 12.4. The fourth-order valence-electron chi connectivity index (χ4n) is 3.29. The van der Waals surface area contributed by atoms with Crippen molar-refractivity contribution in [2.75, 3.05) is 0 Å². The van der Waals surface area contributed by atoms with Crippen molar-refractivity contribution in [1.29, 1.82) is 0 Å². The molecule has 0 unspecified atom stereocenters. The molecule has 1 aliphatic rings. The topological polar surface area (TPSA) is 29.1 Å². The van der Waals surface area contributed by atoms with E-state index in [9.17, 15) is 4.79 Å². The summed E-state index contributed by atoms with van der Waals surface area (Å²) in [5.74, 6) is 0.219. The van der Waals surface area contributed by atoms with Crippen LogP contribution in [-0.4, -0.2) is 17.4 Å². The minimum atomic E-state index is -0.456. The molecule has 2 aromatic rings. The van der Waals surface area contributed by atoms with Crippen molar-refractivity contribution in [1.82, 2.24) is 5.32 Å². The summed E-state index contributed by atoms with van der Waals surface area (Å²) in [4.78, 5) is 13.1. The van der Waals surface area contributed by atoms with Gasteiger partial charge in [-0.2, -0.15) is 0 Å². The van der Waals surface area contributed by atoms with Crippen LogP contribution in [0.2, 0.25) is 0 Å². The molecule has 0 aromatic heterocycles. The molecule has 0 saturated carbocycles. The van der Waals surface area contributed by atoms with Gasteiger partial charge in [-0.3, -0.25) is 4.79 Å². The van der Waals surface area contributed by atoms with Gasteiger partial charge in [0, 0.05) is 11.6 Å². The lowest BCUT2D eigenvalue weighted by Gasteiger charge is -2.29. The highest BCUT2D eigenvalue weighted by molar-refractivity contribution is 6.03. The van der Waals surface area contributed by atoms with Gasteiger partial charge < -0.3 is 5.32 Å². The highest BCUT2D eigenvalue weighted by Gasteiger charge is 2.43. The summed E-state index contributed by atoms with van der Waals surface area (Å²) in [6, 6.07) is 20.3. The van der Waals surface area contributed by atoms with E-state index in [1.54, 1.807) is 0 Å². The Balaban J connectivity index is 1.92. The average molecular weight is 279 g/mol. The summed E-state index contributed by atoms with van der Waals surface area (Å²) in [6.45, 7) is 2.16. The molecule has 3 rings (SSSR count). The number of benzene rings is 2. The van der Waals surface area contributed by atoms with Crippen molar-refractivity contribution in [3.05, 3.63) is 71.8 Å². The van der Waals surface area contributed by atoms with Crippen LogP contribution in [0.15, 0.2) is 60.7 Å². The van der Waals surface area contributed by atoms with Crippen LogP contribution in [-0.2, 0) is 6.42 Å². The molecular weight excluding hydrogens is 258 g/mol. The monoisotopic (exact) mass is 279 g/mol. The van der Waals surface area contributed by atoms with Gasteiger partial charge in [0.2, 0.25) is 0 Å². The third-order valence-electron chi connectivity index (χ3n) is 4.35. The molecule has 2 atom stereocenters. The number of hydrogen-bond donors (Lipinski definition) is 1. The quantitative estimate of drug-likeness (QED) is 0.866. The number of nitrogens with one attached hydrogen (secondary N) is 1. The highest BCUT2D eigenvalue weighted by Crippen LogP contribution is 2.30. The van der Waals surface area contributed by atoms with E-state index in [-0.39, 0.29) is 5.78 Å². The fourth-order valence-corrected chi connectivity index (χ4v) is 3.29. The van der Waals surface area contributed by atoms with E-state index in [0.29, 0.717) is 6.04 Å². The molecule has 2 nitrogen and oxygen atoms in total. The zero-order chi connectivity index (χ0) is 14.7. The maximum absolute atomic E-state index is 13.1. The Hall–Kier alpha value is -1.93. The lowest BCUT2D eigenvalue weighted by atomic mass is 9.82. The van der Waals surface area contributed by atoms with Crippen LogP contribution in [0.25, 0.3) is 0 Å². The second kappa shape index (κ2) is 5.82. The van der Waals surface area contributed by atoms with Crippen molar-refractivity contribution < 1.29 is 4.79 Å². The normalized spacial score (nSPS) is 24.9. The van der Waals surface area contributed by atoms with Gasteiger partial charge >= 0.3 is 0 Å². The van der Waals surface area contributed by atoms with Crippen LogP contribution < -0.4 is 5.32 Å². The van der Waals surface area contributed by atoms with Crippen LogP contribution >= 0.6 is 0 Å². The molecule has 0 amide bonds. The number of Topliss-reactive ketones (excluding diaryl/α,β-unsaturated/α-hetero) is 1. The first-order chi connectivity index (χ1) is 10.2. The number of hydrogen-bond acceptors (Lipinski definition) is 2. The predicted octanol–water partition coefficient (Wildman–Crippen LogP) is 3.62. The first-order valence-electron chi connectivity index (χ1n) is 7.61. The largest absolute Gasteiger partial charge is 0.302 e. The molecule has 1 N–H and O–H groups in total. The molecule has 0 spiro atoms. The number of ketones is 1. The molecule has 1 aliphatic heterocycles. The second-order valence-electron chi connectivity index (χ2n) is 6.02. The summed E-state index contributed by atoms with van der Waals surface area (Å²) >= 11 is 0. The van der Waals surface area contributed by atoms with Crippen molar-refractivity contribution in [2.24, 2.45) is 0 Å². The number of carbonyl (C=O) groups is 1. The Labute approximate surface area is 126 Å². The summed E-state index contributed by atoms with van der Waals surface area (Å²) in [5.41, 5.74) is 1.56. The van der Waals surface area contributed by atoms with Crippen LogP contribution in [0.4, 0.5) is 0 Å². The Morgan fingerprint density at radius 1 is 1.10 bits per heavy atom. The highest BCUT2D eigenvalue weighted by atomic mass is 16.1. The van der Waals surface area contributed by atoms with Gasteiger partial charge in [-0.25, -0.2) is 0 Å². The van der Waals surface area contributed by atoms with Crippen LogP contribution in [0, 0.1) is 0 Å². The van der Waals surface area contributed by atoms with E-state index in [4.69, 9.17) is 0 Å². The maximum atomic E-state index is 13.1. The third-order valence-corrected chi connectivity index (χ3v) is 4.35. The Bertz CT molecular complexity index is 608. The zero-order valence-corrected chi connectivity index (χ0v) is 12.4. The van der Waals surface area contributed by atoms with Gasteiger partial charge in [-0.05, 0) is 31.7 Å². The summed E-state index contributed by atoms with van der Waals surface area (Å²) < 4.78 is 0. The van der Waals surface area contributed by atoms with Crippen molar-refractivity contribution in [3.8, 4) is 0 Å².